The Kier molecular flexibility index (Phi) is 7.10. The number of hydrogen-bond acceptors (Lipinski definition) is 5. The van der Waals surface area contributed by atoms with E-state index in [9.17, 15) is 13.2 Å². The molecule has 1 saturated heterocycles. The summed E-state index contributed by atoms with van der Waals surface area (Å²) < 4.78 is 38.7. The van der Waals surface area contributed by atoms with Gasteiger partial charge in [0.15, 0.2) is 0 Å². The van der Waals surface area contributed by atoms with Gasteiger partial charge in [-0.05, 0) is 58.1 Å². The summed E-state index contributed by atoms with van der Waals surface area (Å²) >= 11 is 3.30. The maximum Gasteiger partial charge on any atom is 0.343 e. The fourth-order valence-corrected chi connectivity index (χ4v) is 5.47. The van der Waals surface area contributed by atoms with Crippen LogP contribution in [0.25, 0.3) is 0 Å². The number of carbonyl (C=O) groups excluding carboxylic acids is 1. The number of rotatable bonds is 6. The summed E-state index contributed by atoms with van der Waals surface area (Å²) in [6.45, 7) is 5.41. The molecule has 156 valence electrons. The van der Waals surface area contributed by atoms with Gasteiger partial charge in [0, 0.05) is 17.6 Å². The molecule has 1 unspecified atom stereocenters. The predicted molar refractivity (Wildman–Crippen MR) is 114 cm³/mol. The minimum atomic E-state index is -3.75. The topological polar surface area (TPSA) is 72.9 Å². The van der Waals surface area contributed by atoms with E-state index in [2.05, 4.69) is 29.8 Å². The third-order valence-electron chi connectivity index (χ3n) is 5.02. The SMILES string of the molecule is CCC(C)c1ccccc1OC(=O)c1ccc(Br)c(S(=O)(=O)N2CCOCC2)c1. The molecule has 6 nitrogen and oxygen atoms in total. The minimum Gasteiger partial charge on any atom is -0.423 e. The Balaban J connectivity index is 1.89. The van der Waals surface area contributed by atoms with Crippen LogP contribution < -0.4 is 4.74 Å². The monoisotopic (exact) mass is 481 g/mol. The minimum absolute atomic E-state index is 0.0454. The van der Waals surface area contributed by atoms with Gasteiger partial charge in [-0.3, -0.25) is 0 Å². The lowest BCUT2D eigenvalue weighted by Gasteiger charge is -2.26. The number of halogens is 1. The largest absolute Gasteiger partial charge is 0.423 e. The second kappa shape index (κ2) is 9.38. The third-order valence-corrected chi connectivity index (χ3v) is 7.91. The molecule has 0 aliphatic carbocycles. The van der Waals surface area contributed by atoms with Crippen LogP contribution in [-0.4, -0.2) is 45.0 Å². The fourth-order valence-electron chi connectivity index (χ4n) is 3.11. The molecule has 8 heteroatoms. The Morgan fingerprint density at radius 1 is 1.21 bits per heavy atom. The summed E-state index contributed by atoms with van der Waals surface area (Å²) in [5.41, 5.74) is 1.13. The molecule has 1 fully saturated rings. The van der Waals surface area contributed by atoms with Gasteiger partial charge < -0.3 is 9.47 Å². The molecule has 29 heavy (non-hydrogen) atoms. The first-order valence-corrected chi connectivity index (χ1v) is 11.8. The highest BCUT2D eigenvalue weighted by Crippen LogP contribution is 2.30. The third kappa shape index (κ3) is 4.88. The zero-order valence-electron chi connectivity index (χ0n) is 16.4. The van der Waals surface area contributed by atoms with Crippen molar-refractivity contribution in [3.8, 4) is 5.75 Å². The molecule has 1 aliphatic heterocycles. The molecule has 3 rings (SSSR count). The van der Waals surface area contributed by atoms with Gasteiger partial charge in [-0.2, -0.15) is 4.31 Å². The normalized spacial score (nSPS) is 16.4. The van der Waals surface area contributed by atoms with Crippen molar-refractivity contribution in [3.63, 3.8) is 0 Å². The molecule has 2 aromatic rings. The molecule has 0 radical (unpaired) electrons. The van der Waals surface area contributed by atoms with Crippen molar-refractivity contribution in [1.82, 2.24) is 4.31 Å². The van der Waals surface area contributed by atoms with E-state index in [1.54, 1.807) is 18.2 Å². The summed E-state index contributed by atoms with van der Waals surface area (Å²) in [5.74, 6) is 0.139. The maximum atomic E-state index is 13.0. The van der Waals surface area contributed by atoms with E-state index < -0.39 is 16.0 Å². The van der Waals surface area contributed by atoms with Crippen LogP contribution in [0.2, 0.25) is 0 Å². The van der Waals surface area contributed by atoms with Gasteiger partial charge in [0.2, 0.25) is 10.0 Å². The number of carbonyl (C=O) groups is 1. The molecule has 2 aromatic carbocycles. The highest BCUT2D eigenvalue weighted by molar-refractivity contribution is 9.10. The van der Waals surface area contributed by atoms with Crippen LogP contribution in [0.5, 0.6) is 5.75 Å². The zero-order valence-corrected chi connectivity index (χ0v) is 18.8. The van der Waals surface area contributed by atoms with E-state index in [1.807, 2.05) is 18.2 Å². The molecular weight excluding hydrogens is 458 g/mol. The Morgan fingerprint density at radius 2 is 1.90 bits per heavy atom. The van der Waals surface area contributed by atoms with Gasteiger partial charge in [-0.15, -0.1) is 0 Å². The van der Waals surface area contributed by atoms with Crippen molar-refractivity contribution in [3.05, 3.63) is 58.1 Å². The van der Waals surface area contributed by atoms with Crippen LogP contribution in [0.4, 0.5) is 0 Å². The number of para-hydroxylation sites is 1. The predicted octanol–water partition coefficient (Wildman–Crippen LogP) is 4.20. The summed E-state index contributed by atoms with van der Waals surface area (Å²) in [6.07, 6.45) is 0.911. The molecule has 1 aliphatic rings. The lowest BCUT2D eigenvalue weighted by Crippen LogP contribution is -2.40. The van der Waals surface area contributed by atoms with E-state index in [0.29, 0.717) is 23.4 Å². The van der Waals surface area contributed by atoms with Crippen LogP contribution in [-0.2, 0) is 14.8 Å². The molecule has 0 N–H and O–H groups in total. The molecule has 1 heterocycles. The highest BCUT2D eigenvalue weighted by Gasteiger charge is 2.29. The van der Waals surface area contributed by atoms with Gasteiger partial charge in [0.1, 0.15) is 5.75 Å². The molecule has 0 aromatic heterocycles. The zero-order chi connectivity index (χ0) is 21.0. The number of benzene rings is 2. The Hall–Kier alpha value is -1.74. The second-order valence-electron chi connectivity index (χ2n) is 6.90. The lowest BCUT2D eigenvalue weighted by molar-refractivity contribution is 0.0726. The quantitative estimate of drug-likeness (QED) is 0.456. The first-order chi connectivity index (χ1) is 13.8. The van der Waals surface area contributed by atoms with Crippen LogP contribution in [0.15, 0.2) is 51.8 Å². The first-order valence-electron chi connectivity index (χ1n) is 9.53. The number of ether oxygens (including phenoxy) is 2. The van der Waals surface area contributed by atoms with Crippen LogP contribution >= 0.6 is 15.9 Å². The summed E-state index contributed by atoms with van der Waals surface area (Å²) in [5, 5.41) is 0. The van der Waals surface area contributed by atoms with Gasteiger partial charge in [0.05, 0.1) is 23.7 Å². The Morgan fingerprint density at radius 3 is 2.59 bits per heavy atom. The molecule has 1 atom stereocenters. The van der Waals surface area contributed by atoms with E-state index >= 15 is 0 Å². The molecule has 0 bridgehead atoms. The number of nitrogens with zero attached hydrogens (tertiary/aromatic N) is 1. The van der Waals surface area contributed by atoms with E-state index in [1.165, 1.54) is 10.4 Å². The van der Waals surface area contributed by atoms with Crippen molar-refractivity contribution in [2.45, 2.75) is 31.1 Å². The van der Waals surface area contributed by atoms with E-state index in [-0.39, 0.29) is 29.5 Å². The van der Waals surface area contributed by atoms with Crippen molar-refractivity contribution in [1.29, 1.82) is 0 Å². The molecular formula is C21H24BrNO5S. The average Bonchev–Trinajstić information content (AvgIpc) is 2.74. The van der Waals surface area contributed by atoms with Gasteiger partial charge >= 0.3 is 5.97 Å². The molecule has 0 spiro atoms. The molecule has 0 amide bonds. The summed E-state index contributed by atoms with van der Waals surface area (Å²) in [4.78, 5) is 12.8. The summed E-state index contributed by atoms with van der Waals surface area (Å²) in [6, 6.07) is 11.9. The fraction of sp³-hybridized carbons (Fsp3) is 0.381. The first kappa shape index (κ1) is 22.0. The Labute approximate surface area is 180 Å². The number of morpholine rings is 1. The Bertz CT molecular complexity index is 986. The number of sulfonamides is 1. The smallest absolute Gasteiger partial charge is 0.343 e. The average molecular weight is 482 g/mol. The number of hydrogen-bond donors (Lipinski definition) is 0. The highest BCUT2D eigenvalue weighted by atomic mass is 79.9. The van der Waals surface area contributed by atoms with Crippen LogP contribution in [0.3, 0.4) is 0 Å². The van der Waals surface area contributed by atoms with Gasteiger partial charge in [-0.1, -0.05) is 32.0 Å². The maximum absolute atomic E-state index is 13.0. The van der Waals surface area contributed by atoms with Crippen molar-refractivity contribution >= 4 is 31.9 Å². The summed E-state index contributed by atoms with van der Waals surface area (Å²) in [7, 11) is -3.75. The van der Waals surface area contributed by atoms with Gasteiger partial charge in [-0.25, -0.2) is 13.2 Å². The van der Waals surface area contributed by atoms with Crippen LogP contribution in [0.1, 0.15) is 42.1 Å². The van der Waals surface area contributed by atoms with Crippen molar-refractivity contribution in [2.75, 3.05) is 26.3 Å². The van der Waals surface area contributed by atoms with Gasteiger partial charge in [0.25, 0.3) is 0 Å². The second-order valence-corrected chi connectivity index (χ2v) is 9.66. The van der Waals surface area contributed by atoms with Crippen molar-refractivity contribution < 1.29 is 22.7 Å². The van der Waals surface area contributed by atoms with Crippen molar-refractivity contribution in [2.24, 2.45) is 0 Å². The number of esters is 1. The molecule has 0 saturated carbocycles. The lowest BCUT2D eigenvalue weighted by atomic mass is 9.98. The van der Waals surface area contributed by atoms with E-state index in [4.69, 9.17) is 9.47 Å². The standard InChI is InChI=1S/C21H24BrNO5S/c1-3-15(2)17-6-4-5-7-19(17)28-21(24)16-8-9-18(22)20(14-16)29(25,26)23-10-12-27-13-11-23/h4-9,14-15H,3,10-13H2,1-2H3. The van der Waals surface area contributed by atoms with E-state index in [0.717, 1.165) is 12.0 Å². The van der Waals surface area contributed by atoms with Crippen LogP contribution in [0, 0.1) is 0 Å².